The van der Waals surface area contributed by atoms with Gasteiger partial charge in [0.25, 0.3) is 0 Å². The van der Waals surface area contributed by atoms with Crippen molar-refractivity contribution in [2.75, 3.05) is 19.8 Å². The summed E-state index contributed by atoms with van der Waals surface area (Å²) in [5, 5.41) is 0.966. The molecular formula is C14H19NO3. The molecule has 0 radical (unpaired) electrons. The van der Waals surface area contributed by atoms with Crippen molar-refractivity contribution in [3.05, 3.63) is 30.0 Å². The number of benzene rings is 1. The standard InChI is InChI=1S/C14H19NO3/c1-2-7-16-8-9-17-14-11-5-3-4-6-12(11)18-13(14)10-15/h3-6H,2,7-10,15H2,1H3. The van der Waals surface area contributed by atoms with Crippen LogP contribution in [0.5, 0.6) is 5.75 Å². The lowest BCUT2D eigenvalue weighted by molar-refractivity contribution is 0.100. The molecule has 0 unspecified atom stereocenters. The summed E-state index contributed by atoms with van der Waals surface area (Å²) in [7, 11) is 0. The Morgan fingerprint density at radius 2 is 2.00 bits per heavy atom. The van der Waals surface area contributed by atoms with Crippen molar-refractivity contribution in [1.29, 1.82) is 0 Å². The molecule has 2 aromatic rings. The summed E-state index contributed by atoms with van der Waals surface area (Å²) in [5.41, 5.74) is 6.47. The van der Waals surface area contributed by atoms with Crippen LogP contribution >= 0.6 is 0 Å². The highest BCUT2D eigenvalue weighted by molar-refractivity contribution is 5.85. The Bertz CT molecular complexity index is 493. The Balaban J connectivity index is 2.06. The van der Waals surface area contributed by atoms with Gasteiger partial charge in [0.2, 0.25) is 0 Å². The molecule has 2 N–H and O–H groups in total. The van der Waals surface area contributed by atoms with Crippen molar-refractivity contribution in [3.8, 4) is 5.75 Å². The molecule has 1 aromatic heterocycles. The van der Waals surface area contributed by atoms with E-state index in [2.05, 4.69) is 6.92 Å². The van der Waals surface area contributed by atoms with Gasteiger partial charge in [0, 0.05) is 6.61 Å². The molecule has 0 bridgehead atoms. The molecule has 0 spiro atoms. The molecule has 0 amide bonds. The van der Waals surface area contributed by atoms with E-state index in [1.807, 2.05) is 24.3 Å². The number of furan rings is 1. The molecule has 0 aliphatic carbocycles. The average Bonchev–Trinajstić information content (AvgIpc) is 2.77. The second kappa shape index (κ2) is 6.42. The molecular weight excluding hydrogens is 230 g/mol. The third-order valence-electron chi connectivity index (χ3n) is 2.63. The molecule has 1 aromatic carbocycles. The summed E-state index contributed by atoms with van der Waals surface area (Å²) in [5.74, 6) is 1.43. The number of nitrogens with two attached hydrogens (primary N) is 1. The molecule has 1 heterocycles. The maximum Gasteiger partial charge on any atom is 0.169 e. The van der Waals surface area contributed by atoms with E-state index in [0.29, 0.717) is 25.5 Å². The minimum atomic E-state index is 0.333. The Labute approximate surface area is 107 Å². The van der Waals surface area contributed by atoms with Gasteiger partial charge in [0.1, 0.15) is 12.2 Å². The van der Waals surface area contributed by atoms with Crippen LogP contribution in [0.25, 0.3) is 11.0 Å². The maximum atomic E-state index is 5.73. The average molecular weight is 249 g/mol. The van der Waals surface area contributed by atoms with E-state index in [9.17, 15) is 0 Å². The van der Waals surface area contributed by atoms with Gasteiger partial charge in [-0.1, -0.05) is 19.1 Å². The quantitative estimate of drug-likeness (QED) is 0.766. The summed E-state index contributed by atoms with van der Waals surface area (Å²) in [6, 6.07) is 7.77. The van der Waals surface area contributed by atoms with Gasteiger partial charge in [-0.25, -0.2) is 0 Å². The molecule has 4 nitrogen and oxygen atoms in total. The van der Waals surface area contributed by atoms with Gasteiger partial charge in [-0.05, 0) is 18.6 Å². The van der Waals surface area contributed by atoms with Crippen LogP contribution in [0.2, 0.25) is 0 Å². The van der Waals surface area contributed by atoms with E-state index in [0.717, 1.165) is 29.7 Å². The largest absolute Gasteiger partial charge is 0.487 e. The van der Waals surface area contributed by atoms with Crippen molar-refractivity contribution >= 4 is 11.0 Å². The zero-order valence-corrected chi connectivity index (χ0v) is 10.6. The molecule has 18 heavy (non-hydrogen) atoms. The molecule has 0 saturated heterocycles. The van der Waals surface area contributed by atoms with Crippen LogP contribution in [-0.4, -0.2) is 19.8 Å². The van der Waals surface area contributed by atoms with Crippen LogP contribution in [0.1, 0.15) is 19.1 Å². The van der Waals surface area contributed by atoms with Gasteiger partial charge in [0.05, 0.1) is 18.5 Å². The zero-order valence-electron chi connectivity index (χ0n) is 10.6. The number of hydrogen-bond donors (Lipinski definition) is 1. The van der Waals surface area contributed by atoms with Crippen LogP contribution in [-0.2, 0) is 11.3 Å². The zero-order chi connectivity index (χ0) is 12.8. The lowest BCUT2D eigenvalue weighted by Crippen LogP contribution is -2.08. The van der Waals surface area contributed by atoms with E-state index in [4.69, 9.17) is 19.6 Å². The first kappa shape index (κ1) is 12.9. The molecule has 98 valence electrons. The van der Waals surface area contributed by atoms with E-state index in [-0.39, 0.29) is 0 Å². The summed E-state index contributed by atoms with van der Waals surface area (Å²) in [4.78, 5) is 0. The van der Waals surface area contributed by atoms with Crippen LogP contribution in [0.4, 0.5) is 0 Å². The second-order valence-electron chi connectivity index (χ2n) is 4.02. The Kier molecular flexibility index (Phi) is 4.61. The highest BCUT2D eigenvalue weighted by Crippen LogP contribution is 2.32. The molecule has 4 heteroatoms. The highest BCUT2D eigenvalue weighted by Gasteiger charge is 2.13. The summed E-state index contributed by atoms with van der Waals surface area (Å²) < 4.78 is 16.7. The van der Waals surface area contributed by atoms with Crippen LogP contribution < -0.4 is 10.5 Å². The fraction of sp³-hybridized carbons (Fsp3) is 0.429. The van der Waals surface area contributed by atoms with Crippen molar-refractivity contribution in [2.24, 2.45) is 5.73 Å². The van der Waals surface area contributed by atoms with E-state index in [1.165, 1.54) is 0 Å². The monoisotopic (exact) mass is 249 g/mol. The highest BCUT2D eigenvalue weighted by atomic mass is 16.5. The van der Waals surface area contributed by atoms with E-state index < -0.39 is 0 Å². The first-order valence-corrected chi connectivity index (χ1v) is 6.27. The first-order valence-electron chi connectivity index (χ1n) is 6.27. The lowest BCUT2D eigenvalue weighted by Gasteiger charge is -2.06. The Hall–Kier alpha value is -1.52. The van der Waals surface area contributed by atoms with Crippen molar-refractivity contribution in [3.63, 3.8) is 0 Å². The number of hydrogen-bond acceptors (Lipinski definition) is 4. The first-order chi connectivity index (χ1) is 8.86. The molecule has 0 atom stereocenters. The summed E-state index contributed by atoms with van der Waals surface area (Å²) in [6.45, 7) is 4.27. The van der Waals surface area contributed by atoms with E-state index >= 15 is 0 Å². The Morgan fingerprint density at radius 1 is 1.17 bits per heavy atom. The van der Waals surface area contributed by atoms with Crippen LogP contribution in [0, 0.1) is 0 Å². The number of fused-ring (bicyclic) bond motifs is 1. The third kappa shape index (κ3) is 2.83. The van der Waals surface area contributed by atoms with Gasteiger partial charge in [-0.15, -0.1) is 0 Å². The number of rotatable bonds is 7. The predicted octanol–water partition coefficient (Wildman–Crippen LogP) is 2.70. The molecule has 2 rings (SSSR count). The number of ether oxygens (including phenoxy) is 2. The SMILES string of the molecule is CCCOCCOc1c(CN)oc2ccccc12. The minimum Gasteiger partial charge on any atom is -0.487 e. The molecule has 0 aliphatic rings. The van der Waals surface area contributed by atoms with Gasteiger partial charge in [-0.2, -0.15) is 0 Å². The summed E-state index contributed by atoms with van der Waals surface area (Å²) >= 11 is 0. The fourth-order valence-corrected chi connectivity index (χ4v) is 1.81. The molecule has 0 fully saturated rings. The number of para-hydroxylation sites is 1. The van der Waals surface area contributed by atoms with Crippen LogP contribution in [0.15, 0.2) is 28.7 Å². The van der Waals surface area contributed by atoms with Gasteiger partial charge in [0.15, 0.2) is 11.5 Å². The summed E-state index contributed by atoms with van der Waals surface area (Å²) in [6.07, 6.45) is 1.02. The van der Waals surface area contributed by atoms with Gasteiger partial charge >= 0.3 is 0 Å². The van der Waals surface area contributed by atoms with Gasteiger partial charge < -0.3 is 19.6 Å². The van der Waals surface area contributed by atoms with Gasteiger partial charge in [-0.3, -0.25) is 0 Å². The van der Waals surface area contributed by atoms with Crippen molar-refractivity contribution in [1.82, 2.24) is 0 Å². The topological polar surface area (TPSA) is 57.6 Å². The Morgan fingerprint density at radius 3 is 2.78 bits per heavy atom. The fourth-order valence-electron chi connectivity index (χ4n) is 1.81. The smallest absolute Gasteiger partial charge is 0.169 e. The molecule has 0 saturated carbocycles. The van der Waals surface area contributed by atoms with E-state index in [1.54, 1.807) is 0 Å². The molecule has 0 aliphatic heterocycles. The van der Waals surface area contributed by atoms with Crippen LogP contribution in [0.3, 0.4) is 0 Å². The minimum absolute atomic E-state index is 0.333. The van der Waals surface area contributed by atoms with Crippen molar-refractivity contribution < 1.29 is 13.9 Å². The maximum absolute atomic E-state index is 5.73. The normalized spacial score (nSPS) is 11.0. The second-order valence-corrected chi connectivity index (χ2v) is 4.02. The van der Waals surface area contributed by atoms with Crippen molar-refractivity contribution in [2.45, 2.75) is 19.9 Å². The third-order valence-corrected chi connectivity index (χ3v) is 2.63. The lowest BCUT2D eigenvalue weighted by atomic mass is 10.2. The predicted molar refractivity (Wildman–Crippen MR) is 70.7 cm³/mol.